The van der Waals surface area contributed by atoms with Gasteiger partial charge in [0.15, 0.2) is 0 Å². The van der Waals surface area contributed by atoms with Crippen molar-refractivity contribution in [3.8, 4) is 0 Å². The molecule has 0 unspecified atom stereocenters. The minimum atomic E-state index is -1.06. The molecule has 0 aliphatic heterocycles. The first-order chi connectivity index (χ1) is 5.72. The lowest BCUT2D eigenvalue weighted by molar-refractivity contribution is -0.156. The number of ether oxygens (including phenoxy) is 1. The fraction of sp³-hybridized carbons (Fsp3) is 0.750. The molecule has 4 nitrogen and oxygen atoms in total. The lowest BCUT2D eigenvalue weighted by Crippen LogP contribution is -2.27. The van der Waals surface area contributed by atoms with Crippen LogP contribution in [0.1, 0.15) is 27.2 Å². The smallest absolute Gasteiger partial charge is 0.317 e. The second-order valence-corrected chi connectivity index (χ2v) is 4.70. The fourth-order valence-corrected chi connectivity index (χ4v) is 0.881. The lowest BCUT2D eigenvalue weighted by Gasteiger charge is -2.19. The zero-order chi connectivity index (χ0) is 10.6. The van der Waals surface area contributed by atoms with Gasteiger partial charge in [-0.3, -0.25) is 9.59 Å². The van der Waals surface area contributed by atoms with E-state index in [1.165, 1.54) is 0 Å². The predicted octanol–water partition coefficient (Wildman–Crippen LogP) is 1.57. The van der Waals surface area contributed by atoms with Crippen molar-refractivity contribution in [2.75, 3.05) is 0 Å². The van der Waals surface area contributed by atoms with E-state index in [1.54, 1.807) is 20.8 Å². The summed E-state index contributed by atoms with van der Waals surface area (Å²) in [5.74, 6) is -1.58. The van der Waals surface area contributed by atoms with Crippen molar-refractivity contribution in [3.05, 3.63) is 0 Å². The number of aliphatic carboxylic acids is 1. The van der Waals surface area contributed by atoms with E-state index in [-0.39, 0.29) is 6.42 Å². The van der Waals surface area contributed by atoms with Crippen LogP contribution in [0.3, 0.4) is 0 Å². The van der Waals surface area contributed by atoms with Gasteiger partial charge in [-0.2, -0.15) is 0 Å². The Hall–Kier alpha value is -0.580. The van der Waals surface area contributed by atoms with Crippen LogP contribution in [-0.4, -0.2) is 27.5 Å². The van der Waals surface area contributed by atoms with Crippen LogP contribution in [0.2, 0.25) is 0 Å². The molecule has 0 spiro atoms. The van der Waals surface area contributed by atoms with Gasteiger partial charge < -0.3 is 9.84 Å². The molecule has 0 bridgehead atoms. The summed E-state index contributed by atoms with van der Waals surface area (Å²) < 4.78 is 4.93. The summed E-state index contributed by atoms with van der Waals surface area (Å²) in [7, 11) is 0. The Morgan fingerprint density at radius 2 is 1.92 bits per heavy atom. The molecule has 0 aromatic heterocycles. The normalized spacial score (nSPS) is 13.5. The molecule has 0 radical (unpaired) electrons. The van der Waals surface area contributed by atoms with Crippen LogP contribution in [0, 0.1) is 0 Å². The molecular weight excluding hydrogens is 240 g/mol. The Morgan fingerprint density at radius 1 is 1.46 bits per heavy atom. The van der Waals surface area contributed by atoms with Crippen LogP contribution in [0.15, 0.2) is 0 Å². The van der Waals surface area contributed by atoms with Crippen molar-refractivity contribution in [1.29, 1.82) is 0 Å². The molecule has 1 atom stereocenters. The number of carbonyl (C=O) groups excluding carboxylic acids is 1. The van der Waals surface area contributed by atoms with Gasteiger partial charge in [0.25, 0.3) is 0 Å². The third-order valence-electron chi connectivity index (χ3n) is 1.03. The maximum Gasteiger partial charge on any atom is 0.317 e. The summed E-state index contributed by atoms with van der Waals surface area (Å²) in [5.41, 5.74) is -0.567. The minimum Gasteiger partial charge on any atom is -0.480 e. The Bertz CT molecular complexity index is 207. The number of rotatable bonds is 3. The Morgan fingerprint density at radius 3 is 2.23 bits per heavy atom. The Kier molecular flexibility index (Phi) is 4.39. The van der Waals surface area contributed by atoms with Crippen molar-refractivity contribution < 1.29 is 19.4 Å². The third-order valence-corrected chi connectivity index (χ3v) is 1.75. The maximum atomic E-state index is 11.1. The van der Waals surface area contributed by atoms with E-state index >= 15 is 0 Å². The average Bonchev–Trinajstić information content (AvgIpc) is 1.81. The van der Waals surface area contributed by atoms with E-state index in [2.05, 4.69) is 15.9 Å². The van der Waals surface area contributed by atoms with Crippen molar-refractivity contribution >= 4 is 27.9 Å². The summed E-state index contributed by atoms with van der Waals surface area (Å²) >= 11 is 2.85. The number of carbonyl (C=O) groups is 2. The van der Waals surface area contributed by atoms with Gasteiger partial charge in [0.2, 0.25) is 0 Å². The predicted molar refractivity (Wildman–Crippen MR) is 50.8 cm³/mol. The summed E-state index contributed by atoms with van der Waals surface area (Å²) in [4.78, 5) is 20.5. The van der Waals surface area contributed by atoms with E-state index in [0.717, 1.165) is 0 Å². The van der Waals surface area contributed by atoms with Crippen LogP contribution in [0.25, 0.3) is 0 Å². The molecule has 0 heterocycles. The number of alkyl halides is 1. The molecule has 0 amide bonds. The number of hydrogen-bond acceptors (Lipinski definition) is 3. The van der Waals surface area contributed by atoms with Gasteiger partial charge in [-0.05, 0) is 20.8 Å². The molecule has 0 aliphatic carbocycles. The summed E-state index contributed by atoms with van der Waals surface area (Å²) in [6, 6.07) is 0. The van der Waals surface area contributed by atoms with Gasteiger partial charge in [0.1, 0.15) is 10.4 Å². The second-order valence-electron chi connectivity index (χ2n) is 3.60. The van der Waals surface area contributed by atoms with Crippen LogP contribution in [0.5, 0.6) is 0 Å². The van der Waals surface area contributed by atoms with Gasteiger partial charge >= 0.3 is 11.9 Å². The summed E-state index contributed by atoms with van der Waals surface area (Å²) in [6.45, 7) is 5.19. The maximum absolute atomic E-state index is 11.1. The van der Waals surface area contributed by atoms with Crippen molar-refractivity contribution in [2.45, 2.75) is 37.6 Å². The molecule has 0 saturated carbocycles. The molecule has 13 heavy (non-hydrogen) atoms. The summed E-state index contributed by atoms with van der Waals surface area (Å²) in [5, 5.41) is 8.47. The highest BCUT2D eigenvalue weighted by Gasteiger charge is 2.22. The van der Waals surface area contributed by atoms with E-state index in [1.807, 2.05) is 0 Å². The number of halogens is 1. The number of esters is 1. The molecule has 0 aliphatic rings. The van der Waals surface area contributed by atoms with Gasteiger partial charge in [0, 0.05) is 0 Å². The monoisotopic (exact) mass is 252 g/mol. The number of hydrogen-bond donors (Lipinski definition) is 1. The molecule has 0 aromatic carbocycles. The topological polar surface area (TPSA) is 63.6 Å². The Labute approximate surface area is 85.4 Å². The van der Waals surface area contributed by atoms with Crippen molar-refractivity contribution in [1.82, 2.24) is 0 Å². The molecule has 1 N–H and O–H groups in total. The highest BCUT2D eigenvalue weighted by molar-refractivity contribution is 9.10. The van der Waals surface area contributed by atoms with Crippen LogP contribution in [-0.2, 0) is 14.3 Å². The zero-order valence-electron chi connectivity index (χ0n) is 7.83. The first kappa shape index (κ1) is 12.4. The van der Waals surface area contributed by atoms with Gasteiger partial charge in [-0.1, -0.05) is 15.9 Å². The van der Waals surface area contributed by atoms with Gasteiger partial charge in [0.05, 0.1) is 6.42 Å². The molecule has 5 heteroatoms. The molecule has 0 saturated heterocycles. The molecule has 0 fully saturated rings. The van der Waals surface area contributed by atoms with E-state index < -0.39 is 22.4 Å². The first-order valence-electron chi connectivity index (χ1n) is 3.81. The van der Waals surface area contributed by atoms with Crippen molar-refractivity contribution in [2.24, 2.45) is 0 Å². The van der Waals surface area contributed by atoms with Crippen LogP contribution >= 0.6 is 15.9 Å². The van der Waals surface area contributed by atoms with Crippen LogP contribution in [0.4, 0.5) is 0 Å². The quantitative estimate of drug-likeness (QED) is 0.612. The van der Waals surface area contributed by atoms with Crippen LogP contribution < -0.4 is 0 Å². The number of carboxylic acid groups (broad SMARTS) is 1. The highest BCUT2D eigenvalue weighted by Crippen LogP contribution is 2.12. The molecule has 0 aromatic rings. The third kappa shape index (κ3) is 6.57. The number of carboxylic acids is 1. The fourth-order valence-electron chi connectivity index (χ4n) is 0.617. The van der Waals surface area contributed by atoms with Gasteiger partial charge in [-0.15, -0.1) is 0 Å². The van der Waals surface area contributed by atoms with Gasteiger partial charge in [-0.25, -0.2) is 0 Å². The molecular formula is C8H13BrO4. The largest absolute Gasteiger partial charge is 0.480 e. The standard InChI is InChI=1S/C8H13BrO4/c1-8(2,3)13-6(10)4-5(9)7(11)12/h5H,4H2,1-3H3,(H,11,12)/t5-/m1/s1. The Balaban J connectivity index is 3.96. The minimum absolute atomic E-state index is 0.160. The average molecular weight is 253 g/mol. The lowest BCUT2D eigenvalue weighted by atomic mass is 10.2. The molecule has 76 valence electrons. The van der Waals surface area contributed by atoms with E-state index in [0.29, 0.717) is 0 Å². The summed E-state index contributed by atoms with van der Waals surface area (Å²) in [6.07, 6.45) is -0.160. The van der Waals surface area contributed by atoms with E-state index in [4.69, 9.17) is 9.84 Å². The second kappa shape index (κ2) is 4.60. The van der Waals surface area contributed by atoms with E-state index in [9.17, 15) is 9.59 Å². The SMILES string of the molecule is CC(C)(C)OC(=O)C[C@@H](Br)C(=O)O. The molecule has 0 rings (SSSR count). The zero-order valence-corrected chi connectivity index (χ0v) is 9.42. The highest BCUT2D eigenvalue weighted by atomic mass is 79.9. The first-order valence-corrected chi connectivity index (χ1v) is 4.72. The van der Waals surface area contributed by atoms with Crippen molar-refractivity contribution in [3.63, 3.8) is 0 Å².